The van der Waals surface area contributed by atoms with Gasteiger partial charge in [0.2, 0.25) is 0 Å². The fourth-order valence-corrected chi connectivity index (χ4v) is 7.85. The Labute approximate surface area is 236 Å². The lowest BCUT2D eigenvalue weighted by molar-refractivity contribution is -0.275. The van der Waals surface area contributed by atoms with Crippen LogP contribution < -0.4 is 18.5 Å². The van der Waals surface area contributed by atoms with Crippen LogP contribution in [0.4, 0.5) is 18.9 Å². The van der Waals surface area contributed by atoms with Gasteiger partial charge in [-0.15, -0.1) is 13.2 Å². The summed E-state index contributed by atoms with van der Waals surface area (Å²) in [5.41, 5.74) is -2.39. The summed E-state index contributed by atoms with van der Waals surface area (Å²) >= 11 is 6.32. The summed E-state index contributed by atoms with van der Waals surface area (Å²) in [5, 5.41) is 12.2. The van der Waals surface area contributed by atoms with Gasteiger partial charge in [0.25, 0.3) is 10.0 Å². The number of aliphatic hydroxyl groups is 1. The molecule has 8 nitrogen and oxygen atoms in total. The number of ether oxygens (including phenoxy) is 3. The summed E-state index contributed by atoms with van der Waals surface area (Å²) in [6.45, 7) is 5.26. The second kappa shape index (κ2) is 10.5. The van der Waals surface area contributed by atoms with E-state index < -0.39 is 42.3 Å². The number of anilines is 1. The van der Waals surface area contributed by atoms with E-state index >= 15 is 0 Å². The summed E-state index contributed by atoms with van der Waals surface area (Å²) in [4.78, 5) is -0.320. The number of sulfonamides is 1. The molecule has 2 unspecified atom stereocenters. The predicted octanol–water partition coefficient (Wildman–Crippen LogP) is 5.88. The van der Waals surface area contributed by atoms with Crippen LogP contribution in [0.2, 0.25) is 24.7 Å². The van der Waals surface area contributed by atoms with Crippen molar-refractivity contribution >= 4 is 35.6 Å². The second-order valence-corrected chi connectivity index (χ2v) is 16.5. The number of methoxy groups -OCH3 is 2. The van der Waals surface area contributed by atoms with Crippen molar-refractivity contribution in [3.8, 4) is 17.2 Å². The Bertz CT molecular complexity index is 1530. The molecule has 0 spiro atoms. The molecule has 40 heavy (non-hydrogen) atoms. The summed E-state index contributed by atoms with van der Waals surface area (Å²) in [6, 6.07) is 13.3. The molecular formula is C26H27ClF3NO7SSi. The molecule has 216 valence electrons. The molecule has 0 bridgehead atoms. The zero-order valence-electron chi connectivity index (χ0n) is 22.1. The van der Waals surface area contributed by atoms with Crippen molar-refractivity contribution in [3.63, 3.8) is 0 Å². The molecule has 1 N–H and O–H groups in total. The van der Waals surface area contributed by atoms with Crippen molar-refractivity contribution in [2.75, 3.05) is 18.5 Å². The van der Waals surface area contributed by atoms with Crippen LogP contribution in [-0.4, -0.2) is 48.7 Å². The first-order valence-electron chi connectivity index (χ1n) is 11.8. The molecule has 0 saturated carbocycles. The number of alkyl halides is 3. The molecule has 0 aliphatic carbocycles. The molecule has 0 amide bonds. The lowest BCUT2D eigenvalue weighted by Gasteiger charge is -2.41. The Balaban J connectivity index is 2.06. The SMILES string of the molecule is COc1ccc(S(=O)(=O)N2c3ccc(Cl)cc3C(O[Si](C)(C)C)(c3ccccc3OC(F)(F)F)C2O)c(OC)c1. The maximum atomic E-state index is 14.2. The third-order valence-corrected chi connectivity index (χ3v) is 9.05. The monoisotopic (exact) mass is 617 g/mol. The highest BCUT2D eigenvalue weighted by molar-refractivity contribution is 7.93. The number of nitrogens with zero attached hydrogens (tertiary/aromatic N) is 1. The smallest absolute Gasteiger partial charge is 0.497 e. The molecule has 0 saturated heterocycles. The molecule has 1 heterocycles. The summed E-state index contributed by atoms with van der Waals surface area (Å²) in [6.07, 6.45) is -7.16. The van der Waals surface area contributed by atoms with E-state index in [0.717, 1.165) is 6.07 Å². The Hall–Kier alpha value is -2.97. The minimum atomic E-state index is -5.08. The zero-order valence-corrected chi connectivity index (χ0v) is 24.7. The van der Waals surface area contributed by atoms with Crippen LogP contribution in [0.3, 0.4) is 0 Å². The van der Waals surface area contributed by atoms with Gasteiger partial charge in [0.1, 0.15) is 22.1 Å². The maximum Gasteiger partial charge on any atom is 0.573 e. The second-order valence-electron chi connectivity index (χ2n) is 9.85. The highest BCUT2D eigenvalue weighted by Gasteiger charge is 2.59. The van der Waals surface area contributed by atoms with Crippen molar-refractivity contribution in [3.05, 3.63) is 76.8 Å². The van der Waals surface area contributed by atoms with Crippen molar-refractivity contribution in [1.82, 2.24) is 0 Å². The van der Waals surface area contributed by atoms with Gasteiger partial charge < -0.3 is 23.7 Å². The summed E-state index contributed by atoms with van der Waals surface area (Å²) < 4.78 is 90.9. The number of halogens is 4. The van der Waals surface area contributed by atoms with Gasteiger partial charge in [0.15, 0.2) is 20.1 Å². The highest BCUT2D eigenvalue weighted by atomic mass is 35.5. The van der Waals surface area contributed by atoms with Crippen molar-refractivity contribution in [2.45, 2.75) is 42.7 Å². The van der Waals surface area contributed by atoms with Crippen LogP contribution in [-0.2, 0) is 20.1 Å². The Morgan fingerprint density at radius 2 is 1.62 bits per heavy atom. The molecule has 2 atom stereocenters. The molecule has 0 fully saturated rings. The van der Waals surface area contributed by atoms with E-state index in [4.69, 9.17) is 25.5 Å². The maximum absolute atomic E-state index is 14.2. The fraction of sp³-hybridized carbons (Fsp3) is 0.308. The molecule has 14 heteroatoms. The lowest BCUT2D eigenvalue weighted by Crippen LogP contribution is -2.53. The van der Waals surface area contributed by atoms with Crippen LogP contribution in [0.15, 0.2) is 65.6 Å². The van der Waals surface area contributed by atoms with Crippen LogP contribution >= 0.6 is 11.6 Å². The zero-order chi connectivity index (χ0) is 29.7. The van der Waals surface area contributed by atoms with Gasteiger partial charge >= 0.3 is 6.36 Å². The lowest BCUT2D eigenvalue weighted by atomic mass is 9.86. The van der Waals surface area contributed by atoms with E-state index in [1.165, 1.54) is 68.8 Å². The Morgan fingerprint density at radius 3 is 2.23 bits per heavy atom. The van der Waals surface area contributed by atoms with Gasteiger partial charge in [0, 0.05) is 22.2 Å². The number of benzene rings is 3. The molecular weight excluding hydrogens is 591 g/mol. The molecule has 1 aliphatic heterocycles. The number of hydrogen-bond donors (Lipinski definition) is 1. The van der Waals surface area contributed by atoms with E-state index in [1.807, 2.05) is 0 Å². The topological polar surface area (TPSA) is 94.5 Å². The molecule has 4 rings (SSSR count). The molecule has 0 radical (unpaired) electrons. The normalized spacial score (nSPS) is 19.4. The van der Waals surface area contributed by atoms with E-state index in [2.05, 4.69) is 4.74 Å². The van der Waals surface area contributed by atoms with Crippen LogP contribution in [0.5, 0.6) is 17.2 Å². The predicted molar refractivity (Wildman–Crippen MR) is 145 cm³/mol. The first kappa shape index (κ1) is 30.0. The molecule has 0 aromatic heterocycles. The van der Waals surface area contributed by atoms with Gasteiger partial charge in [-0.2, -0.15) is 0 Å². The largest absolute Gasteiger partial charge is 0.573 e. The standard InChI is InChI=1S/C26H27ClF3NO7SSi/c1-35-17-11-13-23(22(15-17)36-2)39(33,34)31-20-12-10-16(27)14-19(20)25(24(31)32,38-40(3,4)5)18-8-6-7-9-21(18)37-26(28,29)30/h6-15,24,32H,1-5H3. The minimum absolute atomic E-state index is 0.0456. The third-order valence-electron chi connectivity index (χ3n) is 6.07. The van der Waals surface area contributed by atoms with Gasteiger partial charge in [-0.1, -0.05) is 29.8 Å². The number of rotatable bonds is 8. The van der Waals surface area contributed by atoms with Gasteiger partial charge in [-0.3, -0.25) is 0 Å². The number of aliphatic hydroxyl groups excluding tert-OH is 1. The average molecular weight is 618 g/mol. The van der Waals surface area contributed by atoms with E-state index in [9.17, 15) is 26.7 Å². The van der Waals surface area contributed by atoms with E-state index in [1.54, 1.807) is 19.6 Å². The van der Waals surface area contributed by atoms with Crippen molar-refractivity contribution < 1.29 is 45.3 Å². The van der Waals surface area contributed by atoms with Gasteiger partial charge in [-0.05, 0) is 56.0 Å². The minimum Gasteiger partial charge on any atom is -0.497 e. The fourth-order valence-electron chi connectivity index (χ4n) is 4.71. The van der Waals surface area contributed by atoms with Crippen LogP contribution in [0, 0.1) is 0 Å². The number of hydrogen-bond acceptors (Lipinski definition) is 7. The first-order valence-corrected chi connectivity index (χ1v) is 17.1. The van der Waals surface area contributed by atoms with Crippen LogP contribution in [0.25, 0.3) is 0 Å². The quantitative estimate of drug-likeness (QED) is 0.316. The average Bonchev–Trinajstić information content (AvgIpc) is 3.09. The Kier molecular flexibility index (Phi) is 7.84. The first-order chi connectivity index (χ1) is 18.5. The van der Waals surface area contributed by atoms with Gasteiger partial charge in [0.05, 0.1) is 19.9 Å². The van der Waals surface area contributed by atoms with Gasteiger partial charge in [-0.25, -0.2) is 12.7 Å². The van der Waals surface area contributed by atoms with Crippen LogP contribution in [0.1, 0.15) is 11.1 Å². The molecule has 3 aromatic rings. The van der Waals surface area contributed by atoms with Crippen molar-refractivity contribution in [1.29, 1.82) is 0 Å². The number of para-hydroxylation sites is 1. The molecule has 1 aliphatic rings. The summed E-state index contributed by atoms with van der Waals surface area (Å²) in [7, 11) is -4.75. The highest BCUT2D eigenvalue weighted by Crippen LogP contribution is 2.55. The van der Waals surface area contributed by atoms with E-state index in [0.29, 0.717) is 10.1 Å². The number of fused-ring (bicyclic) bond motifs is 1. The summed E-state index contributed by atoms with van der Waals surface area (Å²) in [5.74, 6) is -0.425. The Morgan fingerprint density at radius 1 is 0.950 bits per heavy atom. The van der Waals surface area contributed by atoms with E-state index in [-0.39, 0.29) is 32.5 Å². The van der Waals surface area contributed by atoms with Crippen molar-refractivity contribution in [2.24, 2.45) is 0 Å². The molecule has 3 aromatic carbocycles. The third kappa shape index (κ3) is 5.35.